The Bertz CT molecular complexity index is 1630. The first kappa shape index (κ1) is 27.9. The van der Waals surface area contributed by atoms with Crippen LogP contribution >= 0.6 is 0 Å². The molecule has 3 amide bonds. The normalized spacial score (nSPS) is 17.9. The molecule has 12 heteroatoms. The number of likely N-dealkylation sites (N-methyl/N-ethyl adjacent to an activating group) is 1. The van der Waals surface area contributed by atoms with Crippen molar-refractivity contribution in [2.45, 2.75) is 24.4 Å². The van der Waals surface area contributed by atoms with Crippen LogP contribution in [0.1, 0.15) is 23.5 Å². The fraction of sp³-hybridized carbons (Fsp3) is 0.207. The number of anilines is 1. The molecule has 5 rings (SSSR count). The lowest BCUT2D eigenvalue weighted by molar-refractivity contribution is -0.121. The lowest BCUT2D eigenvalue weighted by atomic mass is 10.0. The van der Waals surface area contributed by atoms with Gasteiger partial charge in [0.25, 0.3) is 5.91 Å². The van der Waals surface area contributed by atoms with Crippen molar-refractivity contribution in [1.82, 2.24) is 24.5 Å². The van der Waals surface area contributed by atoms with Gasteiger partial charge < -0.3 is 15.0 Å². The van der Waals surface area contributed by atoms with Crippen molar-refractivity contribution in [3.63, 3.8) is 0 Å². The van der Waals surface area contributed by atoms with E-state index in [1.54, 1.807) is 79.8 Å². The minimum absolute atomic E-state index is 0.0609. The smallest absolute Gasteiger partial charge is 0.330 e. The van der Waals surface area contributed by atoms with Gasteiger partial charge in [0.2, 0.25) is 0 Å². The van der Waals surface area contributed by atoms with Crippen molar-refractivity contribution in [3.8, 4) is 11.4 Å². The van der Waals surface area contributed by atoms with Gasteiger partial charge in [-0.25, -0.2) is 14.2 Å². The minimum Gasteiger partial charge on any atom is -0.497 e. The predicted molar refractivity (Wildman–Crippen MR) is 154 cm³/mol. The van der Waals surface area contributed by atoms with E-state index in [-0.39, 0.29) is 18.4 Å². The maximum atomic E-state index is 13.8. The summed E-state index contributed by atoms with van der Waals surface area (Å²) in [6.07, 6.45) is 3.74. The van der Waals surface area contributed by atoms with Gasteiger partial charge in [0.05, 0.1) is 12.8 Å². The highest BCUT2D eigenvalue weighted by atomic mass is 32.2. The van der Waals surface area contributed by atoms with Gasteiger partial charge in [-0.05, 0) is 60.0 Å². The van der Waals surface area contributed by atoms with Gasteiger partial charge in [-0.15, -0.1) is 0 Å². The summed E-state index contributed by atoms with van der Waals surface area (Å²) in [5, 5.41) is 6.85. The van der Waals surface area contributed by atoms with E-state index in [1.807, 2.05) is 41.1 Å². The van der Waals surface area contributed by atoms with E-state index < -0.39 is 21.8 Å². The second-order valence-corrected chi connectivity index (χ2v) is 11.2. The Morgan fingerprint density at radius 1 is 1.05 bits per heavy atom. The number of ether oxygens (including phenoxy) is 1. The van der Waals surface area contributed by atoms with Crippen LogP contribution in [0.15, 0.2) is 97.3 Å². The lowest BCUT2D eigenvalue weighted by Crippen LogP contribution is -2.55. The number of aromatic nitrogens is 2. The fourth-order valence-electron chi connectivity index (χ4n) is 4.80. The summed E-state index contributed by atoms with van der Waals surface area (Å²) in [5.74, 6) is -0.0583. The summed E-state index contributed by atoms with van der Waals surface area (Å²) >= 11 is 0. The van der Waals surface area contributed by atoms with Gasteiger partial charge in [0.1, 0.15) is 11.3 Å². The molecule has 0 radical (unpaired) electrons. The number of carbonyl (C=O) groups is 2. The summed E-state index contributed by atoms with van der Waals surface area (Å²) in [6, 6.07) is 24.2. The first-order chi connectivity index (χ1) is 19.7. The highest BCUT2D eigenvalue weighted by Gasteiger charge is 2.63. The SMILES string of the molecule is COc1ccc(N(C)C(=O)[C@]2(NC(=O)NS(=O)(=O)NCc3cccc(-n4cccn4)c3)CC2c2ccccc2)cc1. The largest absolute Gasteiger partial charge is 0.497 e. The molecule has 0 spiro atoms. The van der Waals surface area contributed by atoms with Gasteiger partial charge in [-0.2, -0.15) is 18.2 Å². The van der Waals surface area contributed by atoms with Gasteiger partial charge in [0, 0.05) is 37.6 Å². The number of methoxy groups -OCH3 is 1. The van der Waals surface area contributed by atoms with Crippen LogP contribution < -0.4 is 24.4 Å². The second-order valence-electron chi connectivity index (χ2n) is 9.70. The molecule has 2 atom stereocenters. The van der Waals surface area contributed by atoms with E-state index >= 15 is 0 Å². The number of benzene rings is 3. The molecule has 0 saturated heterocycles. The number of nitrogens with one attached hydrogen (secondary N) is 3. The molecule has 1 aromatic heterocycles. The third kappa shape index (κ3) is 6.23. The molecule has 1 aliphatic rings. The van der Waals surface area contributed by atoms with Crippen LogP contribution in [0.25, 0.3) is 5.69 Å². The Balaban J connectivity index is 1.28. The fourth-order valence-corrected chi connectivity index (χ4v) is 5.52. The van der Waals surface area contributed by atoms with Gasteiger partial charge in [-0.3, -0.25) is 4.79 Å². The van der Waals surface area contributed by atoms with E-state index in [9.17, 15) is 18.0 Å². The molecule has 1 saturated carbocycles. The van der Waals surface area contributed by atoms with Crippen LogP contribution in [0.5, 0.6) is 5.75 Å². The maximum absolute atomic E-state index is 13.8. The van der Waals surface area contributed by atoms with Crippen LogP contribution in [0.2, 0.25) is 0 Å². The summed E-state index contributed by atoms with van der Waals surface area (Å²) in [6.45, 7) is -0.0609. The van der Waals surface area contributed by atoms with Crippen molar-refractivity contribution >= 4 is 27.8 Å². The van der Waals surface area contributed by atoms with Crippen molar-refractivity contribution < 1.29 is 22.7 Å². The first-order valence-electron chi connectivity index (χ1n) is 12.9. The third-order valence-corrected chi connectivity index (χ3v) is 8.00. The predicted octanol–water partition coefficient (Wildman–Crippen LogP) is 3.10. The van der Waals surface area contributed by atoms with E-state index in [4.69, 9.17) is 4.74 Å². The Morgan fingerprint density at radius 2 is 1.80 bits per heavy atom. The summed E-state index contributed by atoms with van der Waals surface area (Å²) < 4.78 is 36.8. The zero-order valence-electron chi connectivity index (χ0n) is 22.5. The van der Waals surface area contributed by atoms with E-state index in [0.29, 0.717) is 23.4 Å². The van der Waals surface area contributed by atoms with Crippen LogP contribution in [0.3, 0.4) is 0 Å². The van der Waals surface area contributed by atoms with Crippen molar-refractivity contribution in [2.24, 2.45) is 0 Å². The Morgan fingerprint density at radius 3 is 2.49 bits per heavy atom. The van der Waals surface area contributed by atoms with Crippen molar-refractivity contribution in [2.75, 3.05) is 19.1 Å². The first-order valence-corrected chi connectivity index (χ1v) is 14.3. The molecule has 3 N–H and O–H groups in total. The number of rotatable bonds is 10. The molecule has 1 heterocycles. The number of amides is 3. The van der Waals surface area contributed by atoms with Gasteiger partial charge >= 0.3 is 16.2 Å². The van der Waals surface area contributed by atoms with E-state index in [2.05, 4.69) is 15.1 Å². The number of nitrogens with zero attached hydrogens (tertiary/aromatic N) is 3. The standard InChI is InChI=1S/C29H30N6O5S/c1-34(23-12-14-25(40-2)15-13-23)27(36)29(19-26(29)22-9-4-3-5-10-22)32-28(37)33-41(38,39)31-20-21-8-6-11-24(18-21)35-17-7-16-30-35/h3-18,26,31H,19-20H2,1-2H3,(H2,32,33,37)/t26?,29-/m0/s1. The molecule has 1 unspecified atom stereocenters. The maximum Gasteiger partial charge on any atom is 0.330 e. The molecule has 11 nitrogen and oxygen atoms in total. The highest BCUT2D eigenvalue weighted by molar-refractivity contribution is 7.88. The van der Waals surface area contributed by atoms with Crippen molar-refractivity contribution in [1.29, 1.82) is 0 Å². The molecule has 1 aliphatic carbocycles. The average molecular weight is 575 g/mol. The second kappa shape index (κ2) is 11.4. The van der Waals surface area contributed by atoms with Crippen LogP contribution in [-0.4, -0.2) is 49.8 Å². The molecule has 212 valence electrons. The molecular formula is C29H30N6O5S. The summed E-state index contributed by atoms with van der Waals surface area (Å²) in [5.41, 5.74) is 1.57. The molecule has 1 fully saturated rings. The summed E-state index contributed by atoms with van der Waals surface area (Å²) in [4.78, 5) is 28.3. The molecule has 0 aliphatic heterocycles. The Hall–Kier alpha value is -4.68. The van der Waals surface area contributed by atoms with E-state index in [1.165, 1.54) is 4.90 Å². The molecule has 4 aromatic rings. The van der Waals surface area contributed by atoms with Crippen LogP contribution in [0, 0.1) is 0 Å². The quantitative estimate of drug-likeness (QED) is 0.267. The molecule has 0 bridgehead atoms. The third-order valence-electron chi connectivity index (χ3n) is 7.02. The monoisotopic (exact) mass is 574 g/mol. The number of hydrogen-bond donors (Lipinski definition) is 3. The van der Waals surface area contributed by atoms with Gasteiger partial charge in [-0.1, -0.05) is 42.5 Å². The Labute approximate surface area is 238 Å². The van der Waals surface area contributed by atoms with E-state index in [0.717, 1.165) is 11.3 Å². The number of carbonyl (C=O) groups excluding carboxylic acids is 2. The lowest BCUT2D eigenvalue weighted by Gasteiger charge is -2.26. The van der Waals surface area contributed by atoms with Crippen molar-refractivity contribution in [3.05, 3.63) is 108 Å². The molecule has 41 heavy (non-hydrogen) atoms. The van der Waals surface area contributed by atoms with Gasteiger partial charge in [0.15, 0.2) is 0 Å². The molecule has 3 aromatic carbocycles. The zero-order chi connectivity index (χ0) is 29.0. The number of hydrogen-bond acceptors (Lipinski definition) is 6. The number of urea groups is 1. The Kier molecular flexibility index (Phi) is 7.77. The molecular weight excluding hydrogens is 544 g/mol. The zero-order valence-corrected chi connectivity index (χ0v) is 23.3. The highest BCUT2D eigenvalue weighted by Crippen LogP contribution is 2.52. The van der Waals surface area contributed by atoms with Crippen LogP contribution in [-0.2, 0) is 21.5 Å². The average Bonchev–Trinajstić information content (AvgIpc) is 3.43. The van der Waals surface area contributed by atoms with Crippen LogP contribution in [0.4, 0.5) is 10.5 Å². The summed E-state index contributed by atoms with van der Waals surface area (Å²) in [7, 11) is -1.09. The topological polar surface area (TPSA) is 135 Å². The minimum atomic E-state index is -4.25.